The van der Waals surface area contributed by atoms with Crippen LogP contribution in [0.15, 0.2) is 43.1 Å². The van der Waals surface area contributed by atoms with Crippen LogP contribution in [0.25, 0.3) is 10.9 Å². The summed E-state index contributed by atoms with van der Waals surface area (Å²) >= 11 is 0. The van der Waals surface area contributed by atoms with Gasteiger partial charge >= 0.3 is 6.03 Å². The number of allylic oxidation sites excluding steroid dienone is 3. The van der Waals surface area contributed by atoms with Crippen LogP contribution in [0.1, 0.15) is 45.6 Å². The van der Waals surface area contributed by atoms with Crippen LogP contribution >= 0.6 is 0 Å². The number of rotatable bonds is 6. The summed E-state index contributed by atoms with van der Waals surface area (Å²) in [6, 6.07) is 3.13. The smallest absolute Gasteiger partial charge is 0.489 e. The number of urea groups is 1. The molecule has 2 amide bonds. The number of carbonyl (C=O) groups excluding carboxylic acids is 1. The lowest BCUT2D eigenvalue weighted by Gasteiger charge is -2.25. The number of benzene rings is 1. The molecule has 1 fully saturated rings. The van der Waals surface area contributed by atoms with Crippen molar-refractivity contribution in [1.82, 2.24) is 9.78 Å². The van der Waals surface area contributed by atoms with E-state index >= 15 is 0 Å². The molecule has 8 heteroatoms. The highest BCUT2D eigenvalue weighted by molar-refractivity contribution is 5.97. The molecule has 160 valence electrons. The third-order valence-electron chi connectivity index (χ3n) is 5.21. The Morgan fingerprint density at radius 1 is 1.40 bits per heavy atom. The number of nitrogens with zero attached hydrogens (tertiary/aromatic N) is 3. The number of nitrogens with one attached hydrogen (secondary N) is 1. The molecule has 1 saturated carbocycles. The average Bonchev–Trinajstić information content (AvgIpc) is 3.15. The van der Waals surface area contributed by atoms with Crippen molar-refractivity contribution in [3.8, 4) is 5.75 Å². The van der Waals surface area contributed by atoms with Gasteiger partial charge in [0.05, 0.1) is 24.3 Å². The number of amides is 2. The predicted octanol–water partition coefficient (Wildman–Crippen LogP) is 4.05. The number of hydrogen-bond donors (Lipinski definition) is 3. The number of hydroxylamine groups is 1. The van der Waals surface area contributed by atoms with E-state index in [4.69, 9.17) is 4.74 Å². The SMILES string of the molecule is C=C/C=C\C(C)=[N+](\O)C(=O)Nc1cc2cn([C@H]3CC[C@@H](O)CC3)nc2cc1OCC. The zero-order valence-electron chi connectivity index (χ0n) is 17.4. The van der Waals surface area contributed by atoms with Gasteiger partial charge in [0.25, 0.3) is 0 Å². The maximum absolute atomic E-state index is 12.5. The van der Waals surface area contributed by atoms with Gasteiger partial charge in [-0.15, -0.1) is 0 Å². The summed E-state index contributed by atoms with van der Waals surface area (Å²) in [6.07, 6.45) is 9.79. The Kier molecular flexibility index (Phi) is 6.89. The molecular weight excluding hydrogens is 384 g/mol. The molecule has 0 aliphatic heterocycles. The fourth-order valence-corrected chi connectivity index (χ4v) is 3.56. The second-order valence-electron chi connectivity index (χ2n) is 7.39. The number of anilines is 1. The second-order valence-corrected chi connectivity index (χ2v) is 7.39. The van der Waals surface area contributed by atoms with E-state index in [0.717, 1.165) is 36.6 Å². The summed E-state index contributed by atoms with van der Waals surface area (Å²) in [5.74, 6) is 0.482. The molecule has 0 saturated heterocycles. The Balaban J connectivity index is 1.89. The standard InChI is InChI=1S/C22H28N4O4/c1-4-6-7-15(3)26(29)22(28)23-20-12-16-14-25(17-8-10-18(27)11-9-17)24-19(16)13-21(20)30-5-2/h4,6-7,12-14,17-18,27H,1,5,8-11H2,2-3H3,(H-,23,28,29)/p+1/b7-6-,26-15+/t17-,18+. The molecule has 2 aromatic rings. The minimum atomic E-state index is -0.699. The van der Waals surface area contributed by atoms with Crippen molar-refractivity contribution in [3.63, 3.8) is 0 Å². The van der Waals surface area contributed by atoms with Crippen molar-refractivity contribution in [1.29, 1.82) is 0 Å². The molecule has 3 N–H and O–H groups in total. The van der Waals surface area contributed by atoms with Crippen LogP contribution in [0, 0.1) is 0 Å². The first-order valence-corrected chi connectivity index (χ1v) is 10.2. The molecule has 0 bridgehead atoms. The Bertz CT molecular complexity index is 984. The van der Waals surface area contributed by atoms with Gasteiger partial charge in [0.1, 0.15) is 0 Å². The molecule has 8 nitrogen and oxygen atoms in total. The summed E-state index contributed by atoms with van der Waals surface area (Å²) in [5, 5.41) is 28.1. The third-order valence-corrected chi connectivity index (χ3v) is 5.21. The number of aliphatic hydroxyl groups excluding tert-OH is 1. The van der Waals surface area contributed by atoms with Crippen molar-refractivity contribution < 1.29 is 24.6 Å². The van der Waals surface area contributed by atoms with Crippen LogP contribution in [0.5, 0.6) is 5.75 Å². The van der Waals surface area contributed by atoms with Crippen molar-refractivity contribution in [2.45, 2.75) is 51.7 Å². The fraction of sp³-hybridized carbons (Fsp3) is 0.409. The van der Waals surface area contributed by atoms with E-state index in [1.165, 1.54) is 0 Å². The number of aromatic nitrogens is 2. The highest BCUT2D eigenvalue weighted by Crippen LogP contribution is 2.33. The maximum Gasteiger partial charge on any atom is 0.535 e. The van der Waals surface area contributed by atoms with Crippen molar-refractivity contribution in [2.75, 3.05) is 11.9 Å². The molecule has 3 rings (SSSR count). The first-order valence-electron chi connectivity index (χ1n) is 10.2. The van der Waals surface area contributed by atoms with E-state index in [-0.39, 0.29) is 12.1 Å². The van der Waals surface area contributed by atoms with Crippen LogP contribution in [0.2, 0.25) is 0 Å². The van der Waals surface area contributed by atoms with Gasteiger partial charge < -0.3 is 15.1 Å². The predicted molar refractivity (Wildman–Crippen MR) is 115 cm³/mol. The number of ether oxygens (including phenoxy) is 1. The quantitative estimate of drug-likeness (QED) is 0.166. The number of carbonyl (C=O) groups is 1. The Morgan fingerprint density at radius 3 is 2.80 bits per heavy atom. The number of hydrogen-bond acceptors (Lipinski definition) is 5. The lowest BCUT2D eigenvalue weighted by molar-refractivity contribution is -0.696. The summed E-state index contributed by atoms with van der Waals surface area (Å²) in [5.41, 5.74) is 1.56. The molecule has 1 aromatic carbocycles. The molecule has 30 heavy (non-hydrogen) atoms. The molecular formula is C22H29N4O4+. The minimum Gasteiger partial charge on any atom is -0.489 e. The van der Waals surface area contributed by atoms with Crippen molar-refractivity contribution >= 4 is 28.3 Å². The molecule has 1 heterocycles. The van der Waals surface area contributed by atoms with Crippen LogP contribution in [-0.2, 0) is 0 Å². The Morgan fingerprint density at radius 2 is 2.13 bits per heavy atom. The van der Waals surface area contributed by atoms with Gasteiger partial charge in [0, 0.05) is 24.6 Å². The first-order chi connectivity index (χ1) is 14.4. The van der Waals surface area contributed by atoms with Crippen LogP contribution in [0.3, 0.4) is 0 Å². The Labute approximate surface area is 175 Å². The van der Waals surface area contributed by atoms with Gasteiger partial charge in [-0.1, -0.05) is 18.7 Å². The normalized spacial score (nSPS) is 20.2. The maximum atomic E-state index is 12.5. The van der Waals surface area contributed by atoms with Gasteiger partial charge in [-0.05, 0) is 49.5 Å². The van der Waals surface area contributed by atoms with Crippen molar-refractivity contribution in [3.05, 3.63) is 43.1 Å². The molecule has 0 spiro atoms. The number of fused-ring (bicyclic) bond motifs is 1. The summed E-state index contributed by atoms with van der Waals surface area (Å²) in [6.45, 7) is 7.46. The third kappa shape index (κ3) is 4.88. The van der Waals surface area contributed by atoms with E-state index in [1.807, 2.05) is 17.8 Å². The lowest BCUT2D eigenvalue weighted by Crippen LogP contribution is -2.27. The van der Waals surface area contributed by atoms with E-state index in [1.54, 1.807) is 37.3 Å². The second kappa shape index (κ2) is 9.58. The van der Waals surface area contributed by atoms with E-state index in [0.29, 0.717) is 28.5 Å². The van der Waals surface area contributed by atoms with Gasteiger partial charge in [0.15, 0.2) is 17.1 Å². The minimum absolute atomic E-state index is 0.222. The van der Waals surface area contributed by atoms with Gasteiger partial charge in [-0.2, -0.15) is 15.2 Å². The van der Waals surface area contributed by atoms with Crippen LogP contribution < -0.4 is 10.1 Å². The average molecular weight is 413 g/mol. The van der Waals surface area contributed by atoms with Crippen molar-refractivity contribution in [2.24, 2.45) is 0 Å². The number of aliphatic hydroxyl groups is 1. The lowest BCUT2D eigenvalue weighted by atomic mass is 9.93. The summed E-state index contributed by atoms with van der Waals surface area (Å²) in [7, 11) is 0. The van der Waals surface area contributed by atoms with E-state index < -0.39 is 6.03 Å². The highest BCUT2D eigenvalue weighted by Gasteiger charge is 2.24. The fourth-order valence-electron chi connectivity index (χ4n) is 3.56. The molecule has 1 aromatic heterocycles. The van der Waals surface area contributed by atoms with Crippen LogP contribution in [-0.4, -0.2) is 49.3 Å². The highest BCUT2D eigenvalue weighted by atomic mass is 16.5. The molecule has 1 aliphatic rings. The molecule has 0 unspecified atom stereocenters. The Hall–Kier alpha value is -3.13. The monoisotopic (exact) mass is 413 g/mol. The first kappa shape index (κ1) is 21.6. The topological polar surface area (TPSA) is 99.6 Å². The van der Waals surface area contributed by atoms with Crippen LogP contribution in [0.4, 0.5) is 10.5 Å². The molecule has 0 radical (unpaired) electrons. The largest absolute Gasteiger partial charge is 0.535 e. The zero-order valence-corrected chi connectivity index (χ0v) is 17.4. The van der Waals surface area contributed by atoms with Gasteiger partial charge in [-0.25, -0.2) is 0 Å². The van der Waals surface area contributed by atoms with E-state index in [2.05, 4.69) is 17.0 Å². The van der Waals surface area contributed by atoms with Gasteiger partial charge in [0.2, 0.25) is 0 Å². The summed E-state index contributed by atoms with van der Waals surface area (Å²) < 4.78 is 8.17. The van der Waals surface area contributed by atoms with Gasteiger partial charge in [-0.3, -0.25) is 4.68 Å². The molecule has 0 atom stereocenters. The molecule has 1 aliphatic carbocycles. The summed E-state index contributed by atoms with van der Waals surface area (Å²) in [4.78, 5) is 12.5. The zero-order chi connectivity index (χ0) is 21.7. The van der Waals surface area contributed by atoms with E-state index in [9.17, 15) is 15.1 Å².